The third-order valence-corrected chi connectivity index (χ3v) is 2.85. The summed E-state index contributed by atoms with van der Waals surface area (Å²) in [5.74, 6) is 1.65. The molecule has 2 aromatic rings. The second-order valence-electron chi connectivity index (χ2n) is 4.41. The van der Waals surface area contributed by atoms with Crippen LogP contribution in [0.25, 0.3) is 0 Å². The predicted octanol–water partition coefficient (Wildman–Crippen LogP) is 3.19. The topological polar surface area (TPSA) is 47.0 Å². The Kier molecular flexibility index (Phi) is 4.87. The lowest BCUT2D eigenvalue weighted by molar-refractivity contribution is 0.395. The number of nitrogens with one attached hydrogen (secondary N) is 1. The first-order valence-corrected chi connectivity index (χ1v) is 6.62. The Morgan fingerprint density at radius 2 is 2.05 bits per heavy atom. The van der Waals surface area contributed by atoms with Crippen molar-refractivity contribution in [2.24, 2.45) is 0 Å². The molecule has 0 saturated heterocycles. The number of nitrogens with zero attached hydrogens (tertiary/aromatic N) is 2. The maximum Gasteiger partial charge on any atom is 0.218 e. The van der Waals surface area contributed by atoms with Crippen LogP contribution in [0.15, 0.2) is 30.3 Å². The molecule has 2 rings (SSSR count). The van der Waals surface area contributed by atoms with E-state index in [0.29, 0.717) is 23.8 Å². The van der Waals surface area contributed by atoms with Crippen molar-refractivity contribution < 1.29 is 9.13 Å². The van der Waals surface area contributed by atoms with Crippen LogP contribution in [0.5, 0.6) is 5.88 Å². The minimum Gasteiger partial charge on any atom is -0.481 e. The van der Waals surface area contributed by atoms with Crippen molar-refractivity contribution >= 4 is 5.82 Å². The summed E-state index contributed by atoms with van der Waals surface area (Å²) in [6.07, 6.45) is 1.74. The highest BCUT2D eigenvalue weighted by Crippen LogP contribution is 2.16. The Hall–Kier alpha value is -2.17. The number of benzene rings is 1. The van der Waals surface area contributed by atoms with E-state index in [1.165, 1.54) is 6.07 Å². The van der Waals surface area contributed by atoms with Gasteiger partial charge in [-0.25, -0.2) is 9.37 Å². The van der Waals surface area contributed by atoms with Gasteiger partial charge in [-0.15, -0.1) is 0 Å². The first kappa shape index (κ1) is 14.2. The number of aromatic nitrogens is 2. The molecule has 0 unspecified atom stereocenters. The largest absolute Gasteiger partial charge is 0.481 e. The van der Waals surface area contributed by atoms with Crippen molar-refractivity contribution in [2.45, 2.75) is 26.3 Å². The van der Waals surface area contributed by atoms with Crippen LogP contribution in [0.2, 0.25) is 0 Å². The van der Waals surface area contributed by atoms with E-state index in [9.17, 15) is 4.39 Å². The molecule has 0 fully saturated rings. The van der Waals surface area contributed by atoms with Crippen molar-refractivity contribution in [2.75, 3.05) is 12.4 Å². The van der Waals surface area contributed by atoms with Crippen LogP contribution in [0.1, 0.15) is 24.7 Å². The Morgan fingerprint density at radius 3 is 2.75 bits per heavy atom. The molecule has 0 saturated carbocycles. The number of rotatable bonds is 6. The fourth-order valence-electron chi connectivity index (χ4n) is 1.83. The molecule has 1 N–H and O–H groups in total. The Bertz CT molecular complexity index is 575. The summed E-state index contributed by atoms with van der Waals surface area (Å²) in [6.45, 7) is 2.44. The second-order valence-corrected chi connectivity index (χ2v) is 4.41. The molecule has 0 atom stereocenters. The van der Waals surface area contributed by atoms with Gasteiger partial charge in [0.2, 0.25) is 5.88 Å². The van der Waals surface area contributed by atoms with Crippen LogP contribution >= 0.6 is 0 Å². The minimum atomic E-state index is -0.227. The van der Waals surface area contributed by atoms with Gasteiger partial charge in [-0.2, -0.15) is 4.98 Å². The van der Waals surface area contributed by atoms with Crippen LogP contribution in [0, 0.1) is 5.82 Å². The quantitative estimate of drug-likeness (QED) is 0.879. The summed E-state index contributed by atoms with van der Waals surface area (Å²) in [7, 11) is 1.57. The molecule has 0 amide bonds. The van der Waals surface area contributed by atoms with Crippen LogP contribution in [0.3, 0.4) is 0 Å². The molecule has 4 nitrogen and oxygen atoms in total. The van der Waals surface area contributed by atoms with Crippen LogP contribution < -0.4 is 10.1 Å². The number of hydrogen-bond donors (Lipinski definition) is 1. The number of methoxy groups -OCH3 is 1. The molecular weight excluding hydrogens is 257 g/mol. The van der Waals surface area contributed by atoms with Crippen molar-refractivity contribution in [3.8, 4) is 5.88 Å². The van der Waals surface area contributed by atoms with E-state index >= 15 is 0 Å². The molecule has 5 heteroatoms. The van der Waals surface area contributed by atoms with Gasteiger partial charge in [-0.3, -0.25) is 0 Å². The summed E-state index contributed by atoms with van der Waals surface area (Å²) in [5, 5.41) is 3.10. The fraction of sp³-hybridized carbons (Fsp3) is 0.333. The lowest BCUT2D eigenvalue weighted by atomic mass is 10.2. The van der Waals surface area contributed by atoms with Crippen LogP contribution in [-0.4, -0.2) is 17.1 Å². The molecule has 0 radical (unpaired) electrons. The molecule has 1 aromatic carbocycles. The third-order valence-electron chi connectivity index (χ3n) is 2.85. The number of halogens is 1. The highest BCUT2D eigenvalue weighted by atomic mass is 19.1. The second kappa shape index (κ2) is 6.84. The lowest BCUT2D eigenvalue weighted by Gasteiger charge is -2.09. The van der Waals surface area contributed by atoms with E-state index < -0.39 is 0 Å². The SMILES string of the molecule is CCCc1nc(NCc2ccccc2F)cc(OC)n1. The van der Waals surface area contributed by atoms with Crippen molar-refractivity contribution in [3.63, 3.8) is 0 Å². The summed E-state index contributed by atoms with van der Waals surface area (Å²) in [4.78, 5) is 8.66. The van der Waals surface area contributed by atoms with E-state index in [4.69, 9.17) is 4.74 Å². The fourth-order valence-corrected chi connectivity index (χ4v) is 1.83. The van der Waals surface area contributed by atoms with Crippen LogP contribution in [0.4, 0.5) is 10.2 Å². The van der Waals surface area contributed by atoms with Gasteiger partial charge in [-0.1, -0.05) is 25.1 Å². The normalized spacial score (nSPS) is 10.3. The summed E-state index contributed by atoms with van der Waals surface area (Å²) >= 11 is 0. The summed E-state index contributed by atoms with van der Waals surface area (Å²) < 4.78 is 18.7. The van der Waals surface area contributed by atoms with E-state index in [2.05, 4.69) is 22.2 Å². The first-order valence-electron chi connectivity index (χ1n) is 6.62. The minimum absolute atomic E-state index is 0.227. The van der Waals surface area contributed by atoms with Gasteiger partial charge in [0.1, 0.15) is 17.5 Å². The maximum absolute atomic E-state index is 13.5. The standard InChI is InChI=1S/C15H18FN3O/c1-3-6-13-18-14(9-15(19-13)20-2)17-10-11-7-4-5-8-12(11)16/h4-5,7-9H,3,6,10H2,1-2H3,(H,17,18,19). The Morgan fingerprint density at radius 1 is 1.25 bits per heavy atom. The van der Waals surface area contributed by atoms with Gasteiger partial charge in [-0.05, 0) is 12.5 Å². The molecule has 0 aliphatic rings. The molecular formula is C15H18FN3O. The number of ether oxygens (including phenoxy) is 1. The monoisotopic (exact) mass is 275 g/mol. The zero-order valence-electron chi connectivity index (χ0n) is 11.7. The van der Waals surface area contributed by atoms with Gasteiger partial charge in [0.25, 0.3) is 0 Å². The van der Waals surface area contributed by atoms with E-state index in [0.717, 1.165) is 18.7 Å². The molecule has 106 valence electrons. The van der Waals surface area contributed by atoms with Gasteiger partial charge in [0, 0.05) is 24.6 Å². The van der Waals surface area contributed by atoms with Crippen LogP contribution in [-0.2, 0) is 13.0 Å². The Balaban J connectivity index is 2.12. The van der Waals surface area contributed by atoms with Gasteiger partial charge in [0.05, 0.1) is 7.11 Å². The molecule has 1 aromatic heterocycles. The average molecular weight is 275 g/mol. The summed E-state index contributed by atoms with van der Waals surface area (Å²) in [5.41, 5.74) is 0.599. The average Bonchev–Trinajstić information content (AvgIpc) is 2.46. The number of aryl methyl sites for hydroxylation is 1. The predicted molar refractivity (Wildman–Crippen MR) is 76.3 cm³/mol. The lowest BCUT2D eigenvalue weighted by Crippen LogP contribution is -2.06. The molecule has 0 bridgehead atoms. The molecule has 20 heavy (non-hydrogen) atoms. The molecule has 1 heterocycles. The van der Waals surface area contributed by atoms with Crippen molar-refractivity contribution in [1.29, 1.82) is 0 Å². The van der Waals surface area contributed by atoms with Gasteiger partial charge >= 0.3 is 0 Å². The number of hydrogen-bond acceptors (Lipinski definition) is 4. The third kappa shape index (κ3) is 3.66. The van der Waals surface area contributed by atoms with Gasteiger partial charge < -0.3 is 10.1 Å². The zero-order valence-corrected chi connectivity index (χ0v) is 11.7. The smallest absolute Gasteiger partial charge is 0.218 e. The molecule has 0 spiro atoms. The first-order chi connectivity index (χ1) is 9.72. The molecule has 0 aliphatic carbocycles. The zero-order chi connectivity index (χ0) is 14.4. The highest BCUT2D eigenvalue weighted by molar-refractivity contribution is 5.39. The van der Waals surface area contributed by atoms with Gasteiger partial charge in [0.15, 0.2) is 0 Å². The van der Waals surface area contributed by atoms with E-state index in [1.807, 2.05) is 6.07 Å². The Labute approximate surface area is 118 Å². The highest BCUT2D eigenvalue weighted by Gasteiger charge is 2.06. The number of anilines is 1. The van der Waals surface area contributed by atoms with E-state index in [-0.39, 0.29) is 5.82 Å². The van der Waals surface area contributed by atoms with Crippen molar-refractivity contribution in [1.82, 2.24) is 9.97 Å². The summed E-state index contributed by atoms with van der Waals surface area (Å²) in [6, 6.07) is 8.38. The molecule has 0 aliphatic heterocycles. The maximum atomic E-state index is 13.5. The van der Waals surface area contributed by atoms with Crippen molar-refractivity contribution in [3.05, 3.63) is 47.5 Å². The van der Waals surface area contributed by atoms with E-state index in [1.54, 1.807) is 25.3 Å².